The molecule has 4 nitrogen and oxygen atoms in total. The third-order valence-corrected chi connectivity index (χ3v) is 4.61. The van der Waals surface area contributed by atoms with E-state index in [0.29, 0.717) is 6.61 Å². The zero-order valence-corrected chi connectivity index (χ0v) is 16.3. The number of imidazole rings is 1. The highest BCUT2D eigenvalue weighted by molar-refractivity contribution is 5.79. The molecule has 0 atom stereocenters. The minimum Gasteiger partial charge on any atom is -0.494 e. The van der Waals surface area contributed by atoms with Crippen LogP contribution in [0.5, 0.6) is 5.75 Å². The van der Waals surface area contributed by atoms with Gasteiger partial charge in [0, 0.05) is 6.54 Å². The number of para-hydroxylation sites is 2. The van der Waals surface area contributed by atoms with Gasteiger partial charge in [0.05, 0.1) is 23.9 Å². The lowest BCUT2D eigenvalue weighted by atomic mass is 10.1. The molecule has 0 amide bonds. The van der Waals surface area contributed by atoms with Crippen LogP contribution >= 0.6 is 0 Å². The molecule has 0 bridgehead atoms. The van der Waals surface area contributed by atoms with Crippen molar-refractivity contribution >= 4 is 23.2 Å². The molecular weight excluding hydrogens is 348 g/mol. The predicted octanol–water partition coefficient (Wildman–Crippen LogP) is 5.89. The Hall–Kier alpha value is -3.27. The van der Waals surface area contributed by atoms with Gasteiger partial charge < -0.3 is 13.7 Å². The zero-order valence-electron chi connectivity index (χ0n) is 16.3. The highest BCUT2D eigenvalue weighted by Gasteiger charge is 2.08. The number of rotatable bonds is 7. The summed E-state index contributed by atoms with van der Waals surface area (Å²) in [5.41, 5.74) is 4.58. The molecular formula is C24H24N2O2. The fraction of sp³-hybridized carbons (Fsp3) is 0.208. The van der Waals surface area contributed by atoms with Gasteiger partial charge in [0.1, 0.15) is 17.3 Å². The van der Waals surface area contributed by atoms with Crippen molar-refractivity contribution in [3.8, 4) is 5.75 Å². The first-order valence-corrected chi connectivity index (χ1v) is 9.57. The number of hydrogen-bond donors (Lipinski definition) is 0. The number of aromatic nitrogens is 2. The lowest BCUT2D eigenvalue weighted by molar-refractivity contribution is 0.302. The summed E-state index contributed by atoms with van der Waals surface area (Å²) in [5.74, 6) is 2.67. The smallest absolute Gasteiger partial charge is 0.133 e. The van der Waals surface area contributed by atoms with Crippen LogP contribution in [0.2, 0.25) is 0 Å². The average molecular weight is 372 g/mol. The van der Waals surface area contributed by atoms with Gasteiger partial charge in [-0.2, -0.15) is 0 Å². The topological polar surface area (TPSA) is 40.2 Å². The Kier molecular flexibility index (Phi) is 5.29. The first-order chi connectivity index (χ1) is 13.7. The van der Waals surface area contributed by atoms with Gasteiger partial charge in [-0.1, -0.05) is 18.2 Å². The first kappa shape index (κ1) is 18.1. The Morgan fingerprint density at radius 2 is 1.82 bits per heavy atom. The average Bonchev–Trinajstić information content (AvgIpc) is 3.30. The second-order valence-electron chi connectivity index (χ2n) is 6.98. The number of fused-ring (bicyclic) bond motifs is 1. The molecule has 2 aromatic carbocycles. The van der Waals surface area contributed by atoms with Crippen LogP contribution in [0.3, 0.4) is 0 Å². The number of aryl methyl sites for hydroxylation is 3. The van der Waals surface area contributed by atoms with E-state index in [-0.39, 0.29) is 0 Å². The van der Waals surface area contributed by atoms with Crippen molar-refractivity contribution in [1.82, 2.24) is 9.55 Å². The molecule has 0 aliphatic rings. The second kappa shape index (κ2) is 8.17. The zero-order chi connectivity index (χ0) is 19.3. The van der Waals surface area contributed by atoms with Gasteiger partial charge in [0.2, 0.25) is 0 Å². The Bertz CT molecular complexity index is 1070. The molecule has 2 heterocycles. The van der Waals surface area contributed by atoms with Crippen LogP contribution in [0.25, 0.3) is 23.2 Å². The molecule has 4 heteroatoms. The Morgan fingerprint density at radius 1 is 1.00 bits per heavy atom. The quantitative estimate of drug-likeness (QED) is 0.380. The maximum Gasteiger partial charge on any atom is 0.133 e. The predicted molar refractivity (Wildman–Crippen MR) is 113 cm³/mol. The summed E-state index contributed by atoms with van der Waals surface area (Å²) in [6.07, 6.45) is 6.52. The van der Waals surface area contributed by atoms with E-state index in [2.05, 4.69) is 42.7 Å². The SMILES string of the molecule is Cc1cc(C)cc(OCCCn2c(/C=C/c3ccco3)nc3ccccc32)c1. The Morgan fingerprint density at radius 3 is 2.61 bits per heavy atom. The lowest BCUT2D eigenvalue weighted by Crippen LogP contribution is -2.06. The summed E-state index contributed by atoms with van der Waals surface area (Å²) in [4.78, 5) is 4.77. The molecule has 0 radical (unpaired) electrons. The summed E-state index contributed by atoms with van der Waals surface area (Å²) < 4.78 is 13.6. The number of ether oxygens (including phenoxy) is 1. The van der Waals surface area contributed by atoms with Gasteiger partial charge in [-0.15, -0.1) is 0 Å². The van der Waals surface area contributed by atoms with Gasteiger partial charge in [0.15, 0.2) is 0 Å². The minimum absolute atomic E-state index is 0.663. The third-order valence-electron chi connectivity index (χ3n) is 4.61. The molecule has 0 aliphatic carbocycles. The van der Waals surface area contributed by atoms with Crippen molar-refractivity contribution in [3.05, 3.63) is 83.6 Å². The van der Waals surface area contributed by atoms with Crippen molar-refractivity contribution < 1.29 is 9.15 Å². The van der Waals surface area contributed by atoms with Gasteiger partial charge in [-0.05, 0) is 79.9 Å². The molecule has 0 saturated carbocycles. The van der Waals surface area contributed by atoms with E-state index in [1.807, 2.05) is 42.5 Å². The van der Waals surface area contributed by atoms with Gasteiger partial charge >= 0.3 is 0 Å². The first-order valence-electron chi connectivity index (χ1n) is 9.57. The summed E-state index contributed by atoms with van der Waals surface area (Å²) in [5, 5.41) is 0. The number of furan rings is 1. The van der Waals surface area contributed by atoms with Crippen molar-refractivity contribution in [2.24, 2.45) is 0 Å². The molecule has 142 valence electrons. The molecule has 4 rings (SSSR count). The summed E-state index contributed by atoms with van der Waals surface area (Å²) in [7, 11) is 0. The van der Waals surface area contributed by atoms with E-state index in [0.717, 1.165) is 41.3 Å². The van der Waals surface area contributed by atoms with Gasteiger partial charge in [-0.3, -0.25) is 0 Å². The van der Waals surface area contributed by atoms with Crippen LogP contribution in [0, 0.1) is 13.8 Å². The molecule has 0 aliphatic heterocycles. The van der Waals surface area contributed by atoms with Crippen LogP contribution in [0.1, 0.15) is 29.1 Å². The third kappa shape index (κ3) is 4.17. The van der Waals surface area contributed by atoms with Crippen molar-refractivity contribution in [2.75, 3.05) is 6.61 Å². The van der Waals surface area contributed by atoms with E-state index in [1.165, 1.54) is 11.1 Å². The van der Waals surface area contributed by atoms with Crippen molar-refractivity contribution in [2.45, 2.75) is 26.8 Å². The maximum atomic E-state index is 5.97. The molecule has 2 aromatic heterocycles. The number of benzene rings is 2. The number of hydrogen-bond acceptors (Lipinski definition) is 3. The minimum atomic E-state index is 0.663. The van der Waals surface area contributed by atoms with E-state index >= 15 is 0 Å². The Labute approximate surface area is 165 Å². The molecule has 0 spiro atoms. The molecule has 0 fully saturated rings. The highest BCUT2D eigenvalue weighted by atomic mass is 16.5. The largest absolute Gasteiger partial charge is 0.494 e. The van der Waals surface area contributed by atoms with E-state index < -0.39 is 0 Å². The van der Waals surface area contributed by atoms with Crippen LogP contribution in [-0.4, -0.2) is 16.2 Å². The fourth-order valence-electron chi connectivity index (χ4n) is 3.43. The van der Waals surface area contributed by atoms with Gasteiger partial charge in [-0.25, -0.2) is 4.98 Å². The van der Waals surface area contributed by atoms with Crippen LogP contribution in [0.15, 0.2) is 65.3 Å². The van der Waals surface area contributed by atoms with Crippen LogP contribution in [-0.2, 0) is 6.54 Å². The normalized spacial score (nSPS) is 11.5. The molecule has 28 heavy (non-hydrogen) atoms. The molecule has 4 aromatic rings. The van der Waals surface area contributed by atoms with Crippen LogP contribution < -0.4 is 4.74 Å². The van der Waals surface area contributed by atoms with Crippen molar-refractivity contribution in [3.63, 3.8) is 0 Å². The van der Waals surface area contributed by atoms with E-state index in [9.17, 15) is 0 Å². The van der Waals surface area contributed by atoms with Crippen molar-refractivity contribution in [1.29, 1.82) is 0 Å². The lowest BCUT2D eigenvalue weighted by Gasteiger charge is -2.10. The summed E-state index contributed by atoms with van der Waals surface area (Å²) >= 11 is 0. The van der Waals surface area contributed by atoms with E-state index in [4.69, 9.17) is 14.1 Å². The highest BCUT2D eigenvalue weighted by Crippen LogP contribution is 2.20. The summed E-state index contributed by atoms with van der Waals surface area (Å²) in [6.45, 7) is 5.68. The van der Waals surface area contributed by atoms with Crippen LogP contribution in [0.4, 0.5) is 0 Å². The number of nitrogens with zero attached hydrogens (tertiary/aromatic N) is 2. The van der Waals surface area contributed by atoms with Gasteiger partial charge in [0.25, 0.3) is 0 Å². The Balaban J connectivity index is 1.48. The second-order valence-corrected chi connectivity index (χ2v) is 6.98. The standard InChI is InChI=1S/C24H24N2O2/c1-18-15-19(2)17-21(16-18)28-14-6-12-26-23-9-4-3-8-22(23)25-24(26)11-10-20-7-5-13-27-20/h3-5,7-11,13,15-17H,6,12,14H2,1-2H3/b11-10+. The molecule has 0 unspecified atom stereocenters. The summed E-state index contributed by atoms with van der Waals surface area (Å²) in [6, 6.07) is 18.3. The monoisotopic (exact) mass is 372 g/mol. The maximum absolute atomic E-state index is 5.97. The molecule has 0 saturated heterocycles. The fourth-order valence-corrected chi connectivity index (χ4v) is 3.43. The van der Waals surface area contributed by atoms with E-state index in [1.54, 1.807) is 6.26 Å². The molecule has 0 N–H and O–H groups in total.